The van der Waals surface area contributed by atoms with Crippen LogP contribution in [0.4, 0.5) is 0 Å². The van der Waals surface area contributed by atoms with Crippen LogP contribution in [0.3, 0.4) is 0 Å². The molecule has 0 amide bonds. The molecule has 1 aliphatic carbocycles. The standard InChI is InChI=1S/C13H12N2O/c16-13(7-9-1-2-9)10-3-4-11-12(8-10)15-6-5-14-11/h3-6,8-9H,1-2,7H2. The van der Waals surface area contributed by atoms with E-state index in [-0.39, 0.29) is 5.78 Å². The first-order chi connectivity index (χ1) is 7.83. The van der Waals surface area contributed by atoms with Crippen molar-refractivity contribution in [3.63, 3.8) is 0 Å². The molecular formula is C13H12N2O. The van der Waals surface area contributed by atoms with Gasteiger partial charge >= 0.3 is 0 Å². The second kappa shape index (κ2) is 3.67. The molecule has 0 spiro atoms. The van der Waals surface area contributed by atoms with Crippen LogP contribution in [-0.2, 0) is 0 Å². The quantitative estimate of drug-likeness (QED) is 0.734. The zero-order valence-electron chi connectivity index (χ0n) is 8.89. The second-order valence-electron chi connectivity index (χ2n) is 4.33. The van der Waals surface area contributed by atoms with Crippen LogP contribution in [0.5, 0.6) is 0 Å². The molecule has 0 atom stereocenters. The van der Waals surface area contributed by atoms with Gasteiger partial charge < -0.3 is 0 Å². The van der Waals surface area contributed by atoms with E-state index in [1.807, 2.05) is 18.2 Å². The molecule has 1 aromatic carbocycles. The van der Waals surface area contributed by atoms with Gasteiger partial charge in [-0.25, -0.2) is 0 Å². The van der Waals surface area contributed by atoms with Gasteiger partial charge in [-0.05, 0) is 37.0 Å². The van der Waals surface area contributed by atoms with E-state index in [1.54, 1.807) is 12.4 Å². The lowest BCUT2D eigenvalue weighted by Crippen LogP contribution is -2.00. The zero-order valence-corrected chi connectivity index (χ0v) is 8.89. The number of Topliss-reactive ketones (excluding diaryl/α,β-unsaturated/α-hetero) is 1. The topological polar surface area (TPSA) is 42.9 Å². The molecule has 0 N–H and O–H groups in total. The number of carbonyl (C=O) groups excluding carboxylic acids is 1. The summed E-state index contributed by atoms with van der Waals surface area (Å²) in [6.07, 6.45) is 6.41. The van der Waals surface area contributed by atoms with E-state index in [1.165, 1.54) is 12.8 Å². The Morgan fingerprint density at radius 2 is 1.94 bits per heavy atom. The molecule has 1 heterocycles. The Bertz CT molecular complexity index is 546. The van der Waals surface area contributed by atoms with E-state index in [4.69, 9.17) is 0 Å². The summed E-state index contributed by atoms with van der Waals surface area (Å²) in [4.78, 5) is 20.3. The largest absolute Gasteiger partial charge is 0.294 e. The summed E-state index contributed by atoms with van der Waals surface area (Å²) in [5, 5.41) is 0. The number of ketones is 1. The van der Waals surface area contributed by atoms with Gasteiger partial charge in [-0.3, -0.25) is 14.8 Å². The molecule has 0 bridgehead atoms. The molecule has 1 aliphatic rings. The summed E-state index contributed by atoms with van der Waals surface area (Å²) >= 11 is 0. The molecule has 3 rings (SSSR count). The Labute approximate surface area is 93.5 Å². The predicted molar refractivity (Wildman–Crippen MR) is 61.2 cm³/mol. The van der Waals surface area contributed by atoms with Crippen molar-refractivity contribution in [2.45, 2.75) is 19.3 Å². The maximum atomic E-state index is 11.9. The van der Waals surface area contributed by atoms with Gasteiger partial charge in [-0.1, -0.05) is 0 Å². The fourth-order valence-electron chi connectivity index (χ4n) is 1.84. The summed E-state index contributed by atoms with van der Waals surface area (Å²) in [5.74, 6) is 0.861. The van der Waals surface area contributed by atoms with Crippen LogP contribution in [0.15, 0.2) is 30.6 Å². The van der Waals surface area contributed by atoms with Gasteiger partial charge in [-0.2, -0.15) is 0 Å². The molecule has 0 unspecified atom stereocenters. The average molecular weight is 212 g/mol. The Hall–Kier alpha value is -1.77. The highest BCUT2D eigenvalue weighted by Gasteiger charge is 2.24. The SMILES string of the molecule is O=C(CC1CC1)c1ccc2nccnc2c1. The fourth-order valence-corrected chi connectivity index (χ4v) is 1.84. The lowest BCUT2D eigenvalue weighted by atomic mass is 10.1. The molecule has 3 nitrogen and oxygen atoms in total. The van der Waals surface area contributed by atoms with Crippen LogP contribution in [0.25, 0.3) is 11.0 Å². The number of hydrogen-bond donors (Lipinski definition) is 0. The predicted octanol–water partition coefficient (Wildman–Crippen LogP) is 2.61. The summed E-state index contributed by atoms with van der Waals surface area (Å²) in [6, 6.07) is 5.55. The number of hydrogen-bond acceptors (Lipinski definition) is 3. The van der Waals surface area contributed by atoms with Crippen molar-refractivity contribution in [3.8, 4) is 0 Å². The molecule has 3 heteroatoms. The van der Waals surface area contributed by atoms with Crippen LogP contribution in [-0.4, -0.2) is 15.8 Å². The van der Waals surface area contributed by atoms with E-state index in [0.717, 1.165) is 16.6 Å². The molecule has 1 saturated carbocycles. The van der Waals surface area contributed by atoms with Crippen molar-refractivity contribution >= 4 is 16.8 Å². The van der Waals surface area contributed by atoms with E-state index < -0.39 is 0 Å². The van der Waals surface area contributed by atoms with Gasteiger partial charge in [0.05, 0.1) is 11.0 Å². The van der Waals surface area contributed by atoms with Gasteiger partial charge in [0.2, 0.25) is 0 Å². The summed E-state index contributed by atoms with van der Waals surface area (Å²) < 4.78 is 0. The van der Waals surface area contributed by atoms with Crippen molar-refractivity contribution < 1.29 is 4.79 Å². The molecular weight excluding hydrogens is 200 g/mol. The minimum atomic E-state index is 0.232. The zero-order chi connectivity index (χ0) is 11.0. The van der Waals surface area contributed by atoms with Crippen LogP contribution in [0.2, 0.25) is 0 Å². The van der Waals surface area contributed by atoms with Crippen LogP contribution < -0.4 is 0 Å². The Morgan fingerprint density at radius 3 is 2.69 bits per heavy atom. The summed E-state index contributed by atoms with van der Waals surface area (Å²) in [7, 11) is 0. The third-order valence-electron chi connectivity index (χ3n) is 2.96. The van der Waals surface area contributed by atoms with Gasteiger partial charge in [0.15, 0.2) is 5.78 Å². The van der Waals surface area contributed by atoms with Crippen LogP contribution in [0.1, 0.15) is 29.6 Å². The van der Waals surface area contributed by atoms with Crippen molar-refractivity contribution in [2.75, 3.05) is 0 Å². The van der Waals surface area contributed by atoms with E-state index in [9.17, 15) is 4.79 Å². The highest BCUT2D eigenvalue weighted by atomic mass is 16.1. The normalized spacial score (nSPS) is 15.2. The monoisotopic (exact) mass is 212 g/mol. The first kappa shape index (κ1) is 9.46. The molecule has 1 fully saturated rings. The van der Waals surface area contributed by atoms with Crippen molar-refractivity contribution in [1.29, 1.82) is 0 Å². The smallest absolute Gasteiger partial charge is 0.163 e. The van der Waals surface area contributed by atoms with Crippen molar-refractivity contribution in [3.05, 3.63) is 36.2 Å². The van der Waals surface area contributed by atoms with E-state index in [0.29, 0.717) is 12.3 Å². The number of carbonyl (C=O) groups is 1. The Kier molecular flexibility index (Phi) is 2.17. The molecule has 16 heavy (non-hydrogen) atoms. The third-order valence-corrected chi connectivity index (χ3v) is 2.96. The first-order valence-corrected chi connectivity index (χ1v) is 5.57. The lowest BCUT2D eigenvalue weighted by molar-refractivity contribution is 0.0976. The average Bonchev–Trinajstić information content (AvgIpc) is 3.12. The van der Waals surface area contributed by atoms with Crippen LogP contribution in [0, 0.1) is 5.92 Å². The van der Waals surface area contributed by atoms with Gasteiger partial charge in [0.25, 0.3) is 0 Å². The van der Waals surface area contributed by atoms with Crippen molar-refractivity contribution in [2.24, 2.45) is 5.92 Å². The first-order valence-electron chi connectivity index (χ1n) is 5.57. The molecule has 0 saturated heterocycles. The minimum Gasteiger partial charge on any atom is -0.294 e. The highest BCUT2D eigenvalue weighted by molar-refractivity contribution is 5.99. The molecule has 0 radical (unpaired) electrons. The molecule has 1 aromatic heterocycles. The Balaban J connectivity index is 1.94. The lowest BCUT2D eigenvalue weighted by Gasteiger charge is -2.01. The summed E-state index contributed by atoms with van der Waals surface area (Å²) in [6.45, 7) is 0. The number of benzene rings is 1. The third kappa shape index (κ3) is 1.81. The summed E-state index contributed by atoms with van der Waals surface area (Å²) in [5.41, 5.74) is 2.40. The van der Waals surface area contributed by atoms with Gasteiger partial charge in [-0.15, -0.1) is 0 Å². The number of nitrogens with zero attached hydrogens (tertiary/aromatic N) is 2. The molecule has 0 aliphatic heterocycles. The van der Waals surface area contributed by atoms with Gasteiger partial charge in [0.1, 0.15) is 0 Å². The van der Waals surface area contributed by atoms with Gasteiger partial charge in [0, 0.05) is 24.4 Å². The van der Waals surface area contributed by atoms with E-state index >= 15 is 0 Å². The minimum absolute atomic E-state index is 0.232. The fraction of sp³-hybridized carbons (Fsp3) is 0.308. The number of aromatic nitrogens is 2. The van der Waals surface area contributed by atoms with Crippen LogP contribution >= 0.6 is 0 Å². The number of rotatable bonds is 3. The molecule has 2 aromatic rings. The highest BCUT2D eigenvalue weighted by Crippen LogP contribution is 2.33. The Morgan fingerprint density at radius 1 is 1.19 bits per heavy atom. The maximum Gasteiger partial charge on any atom is 0.163 e. The van der Waals surface area contributed by atoms with Crippen molar-refractivity contribution in [1.82, 2.24) is 9.97 Å². The van der Waals surface area contributed by atoms with E-state index in [2.05, 4.69) is 9.97 Å². The molecule has 80 valence electrons. The number of fused-ring (bicyclic) bond motifs is 1. The maximum absolute atomic E-state index is 11.9. The second-order valence-corrected chi connectivity index (χ2v) is 4.33.